The lowest BCUT2D eigenvalue weighted by Gasteiger charge is -2.08. The van der Waals surface area contributed by atoms with E-state index in [2.05, 4.69) is 0 Å². The van der Waals surface area contributed by atoms with E-state index in [1.807, 2.05) is 35.7 Å². The minimum Gasteiger partial charge on any atom is -0.383 e. The summed E-state index contributed by atoms with van der Waals surface area (Å²) in [5.74, 6) is 0. The summed E-state index contributed by atoms with van der Waals surface area (Å²) in [6, 6.07) is 11.3. The Bertz CT molecular complexity index is 410. The lowest BCUT2D eigenvalue weighted by atomic mass is 10.1. The zero-order valence-corrected chi connectivity index (χ0v) is 8.92. The Morgan fingerprint density at radius 1 is 1.14 bits per heavy atom. The van der Waals surface area contributed by atoms with E-state index in [1.165, 1.54) is 11.3 Å². The smallest absolute Gasteiger partial charge is 0.115 e. The van der Waals surface area contributed by atoms with Crippen LogP contribution in [0.25, 0.3) is 0 Å². The molecule has 2 rings (SSSR count). The quantitative estimate of drug-likeness (QED) is 0.828. The largest absolute Gasteiger partial charge is 0.383 e. The van der Waals surface area contributed by atoms with Gasteiger partial charge in [0.2, 0.25) is 0 Å². The summed E-state index contributed by atoms with van der Waals surface area (Å²) >= 11 is 7.41. The van der Waals surface area contributed by atoms with Crippen LogP contribution < -0.4 is 0 Å². The summed E-state index contributed by atoms with van der Waals surface area (Å²) in [4.78, 5) is 0.804. The number of benzene rings is 1. The van der Waals surface area contributed by atoms with E-state index in [-0.39, 0.29) is 0 Å². The van der Waals surface area contributed by atoms with E-state index in [1.54, 1.807) is 6.07 Å². The van der Waals surface area contributed by atoms with Gasteiger partial charge in [-0.15, -0.1) is 11.3 Å². The SMILES string of the molecule is OC(c1ccccc1)c1sccc1Cl. The predicted molar refractivity (Wildman–Crippen MR) is 59.8 cm³/mol. The molecule has 72 valence electrons. The number of hydrogen-bond acceptors (Lipinski definition) is 2. The molecule has 0 radical (unpaired) electrons. The topological polar surface area (TPSA) is 20.2 Å². The first-order valence-electron chi connectivity index (χ1n) is 4.25. The lowest BCUT2D eigenvalue weighted by molar-refractivity contribution is 0.224. The van der Waals surface area contributed by atoms with E-state index in [4.69, 9.17) is 11.6 Å². The van der Waals surface area contributed by atoms with Gasteiger partial charge < -0.3 is 5.11 Å². The van der Waals surface area contributed by atoms with Crippen molar-refractivity contribution in [2.45, 2.75) is 6.10 Å². The molecule has 1 heterocycles. The predicted octanol–water partition coefficient (Wildman–Crippen LogP) is 3.48. The summed E-state index contributed by atoms with van der Waals surface area (Å²) in [6.45, 7) is 0. The van der Waals surface area contributed by atoms with Crippen LogP contribution in [-0.2, 0) is 0 Å². The van der Waals surface area contributed by atoms with Crippen LogP contribution in [0, 0.1) is 0 Å². The number of rotatable bonds is 2. The van der Waals surface area contributed by atoms with Crippen molar-refractivity contribution in [1.29, 1.82) is 0 Å². The van der Waals surface area contributed by atoms with Gasteiger partial charge in [0.15, 0.2) is 0 Å². The summed E-state index contributed by atoms with van der Waals surface area (Å²) in [7, 11) is 0. The van der Waals surface area contributed by atoms with Crippen LogP contribution in [0.2, 0.25) is 5.02 Å². The van der Waals surface area contributed by atoms with Crippen molar-refractivity contribution in [2.75, 3.05) is 0 Å². The van der Waals surface area contributed by atoms with Crippen LogP contribution in [0.3, 0.4) is 0 Å². The average molecular weight is 225 g/mol. The third kappa shape index (κ3) is 1.82. The standard InChI is InChI=1S/C11H9ClOS/c12-9-6-7-14-11(9)10(13)8-4-2-1-3-5-8/h1-7,10,13H. The van der Waals surface area contributed by atoms with Gasteiger partial charge in [-0.1, -0.05) is 41.9 Å². The van der Waals surface area contributed by atoms with Gasteiger partial charge in [0.1, 0.15) is 6.10 Å². The maximum absolute atomic E-state index is 9.99. The molecule has 1 N–H and O–H groups in total. The Hall–Kier alpha value is -0.830. The van der Waals surface area contributed by atoms with Crippen molar-refractivity contribution in [3.05, 3.63) is 57.2 Å². The highest BCUT2D eigenvalue weighted by Crippen LogP contribution is 2.32. The van der Waals surface area contributed by atoms with Gasteiger partial charge in [-0.05, 0) is 17.0 Å². The van der Waals surface area contributed by atoms with Gasteiger partial charge in [-0.2, -0.15) is 0 Å². The molecule has 14 heavy (non-hydrogen) atoms. The van der Waals surface area contributed by atoms with Crippen LogP contribution in [0.15, 0.2) is 41.8 Å². The monoisotopic (exact) mass is 224 g/mol. The normalized spacial score (nSPS) is 12.7. The fourth-order valence-corrected chi connectivity index (χ4v) is 2.46. The fraction of sp³-hybridized carbons (Fsp3) is 0.0909. The van der Waals surface area contributed by atoms with Gasteiger partial charge in [-0.3, -0.25) is 0 Å². The summed E-state index contributed by atoms with van der Waals surface area (Å²) < 4.78 is 0. The second kappa shape index (κ2) is 4.13. The first-order chi connectivity index (χ1) is 6.79. The highest BCUT2D eigenvalue weighted by Gasteiger charge is 2.14. The lowest BCUT2D eigenvalue weighted by Crippen LogP contribution is -1.96. The third-order valence-electron chi connectivity index (χ3n) is 2.01. The maximum atomic E-state index is 9.99. The van der Waals surface area contributed by atoms with Gasteiger partial charge >= 0.3 is 0 Å². The molecule has 1 aromatic heterocycles. The molecule has 1 unspecified atom stereocenters. The van der Waals surface area contributed by atoms with Crippen LogP contribution in [0.4, 0.5) is 0 Å². The van der Waals surface area contributed by atoms with Gasteiger partial charge in [-0.25, -0.2) is 0 Å². The number of thiophene rings is 1. The Morgan fingerprint density at radius 2 is 1.86 bits per heavy atom. The van der Waals surface area contributed by atoms with Crippen molar-refractivity contribution in [3.63, 3.8) is 0 Å². The molecule has 0 saturated heterocycles. The van der Waals surface area contributed by atoms with Crippen LogP contribution in [0.5, 0.6) is 0 Å². The molecule has 0 amide bonds. The molecule has 1 aromatic carbocycles. The number of halogens is 1. The van der Waals surface area contributed by atoms with E-state index in [9.17, 15) is 5.11 Å². The molecule has 0 fully saturated rings. The van der Waals surface area contributed by atoms with Crippen molar-refractivity contribution in [1.82, 2.24) is 0 Å². The number of hydrogen-bond donors (Lipinski definition) is 1. The van der Waals surface area contributed by atoms with Crippen molar-refractivity contribution in [3.8, 4) is 0 Å². The van der Waals surface area contributed by atoms with E-state index < -0.39 is 6.10 Å². The third-order valence-corrected chi connectivity index (χ3v) is 3.42. The van der Waals surface area contributed by atoms with E-state index in [0.29, 0.717) is 5.02 Å². The molecule has 0 saturated carbocycles. The second-order valence-corrected chi connectivity index (χ2v) is 4.30. The molecule has 1 atom stereocenters. The minimum atomic E-state index is -0.608. The Balaban J connectivity index is 2.34. The minimum absolute atomic E-state index is 0.608. The van der Waals surface area contributed by atoms with E-state index in [0.717, 1.165) is 10.4 Å². The maximum Gasteiger partial charge on any atom is 0.115 e. The zero-order valence-electron chi connectivity index (χ0n) is 7.35. The average Bonchev–Trinajstić information content (AvgIpc) is 2.65. The van der Waals surface area contributed by atoms with Gasteiger partial charge in [0, 0.05) is 0 Å². The Morgan fingerprint density at radius 3 is 2.43 bits per heavy atom. The number of aliphatic hydroxyl groups excluding tert-OH is 1. The summed E-state index contributed by atoms with van der Waals surface area (Å²) in [6.07, 6.45) is -0.608. The fourth-order valence-electron chi connectivity index (χ4n) is 1.29. The van der Waals surface area contributed by atoms with Gasteiger partial charge in [0.25, 0.3) is 0 Å². The molecule has 3 heteroatoms. The number of aliphatic hydroxyl groups is 1. The van der Waals surface area contributed by atoms with E-state index >= 15 is 0 Å². The molecular weight excluding hydrogens is 216 g/mol. The highest BCUT2D eigenvalue weighted by atomic mass is 35.5. The molecule has 0 aliphatic heterocycles. The molecule has 0 aliphatic rings. The Kier molecular flexibility index (Phi) is 2.87. The molecule has 0 spiro atoms. The first-order valence-corrected chi connectivity index (χ1v) is 5.50. The first kappa shape index (κ1) is 9.71. The second-order valence-electron chi connectivity index (χ2n) is 2.95. The molecule has 1 nitrogen and oxygen atoms in total. The molecule has 0 bridgehead atoms. The van der Waals surface area contributed by atoms with Crippen molar-refractivity contribution >= 4 is 22.9 Å². The van der Waals surface area contributed by atoms with Crippen LogP contribution in [0.1, 0.15) is 16.5 Å². The van der Waals surface area contributed by atoms with Gasteiger partial charge in [0.05, 0.1) is 9.90 Å². The molecule has 2 aromatic rings. The van der Waals surface area contributed by atoms with Crippen molar-refractivity contribution < 1.29 is 5.11 Å². The summed E-state index contributed by atoms with van der Waals surface area (Å²) in [5.41, 5.74) is 0.872. The van der Waals surface area contributed by atoms with Crippen LogP contribution in [-0.4, -0.2) is 5.11 Å². The van der Waals surface area contributed by atoms with Crippen LogP contribution >= 0.6 is 22.9 Å². The van der Waals surface area contributed by atoms with Crippen molar-refractivity contribution in [2.24, 2.45) is 0 Å². The Labute approximate surface area is 91.6 Å². The molecule has 0 aliphatic carbocycles. The molecular formula is C11H9ClOS. The zero-order chi connectivity index (χ0) is 9.97. The highest BCUT2D eigenvalue weighted by molar-refractivity contribution is 7.10. The summed E-state index contributed by atoms with van der Waals surface area (Å²) in [5, 5.41) is 12.5.